The number of benzene rings is 1. The average Bonchev–Trinajstić information content (AvgIpc) is 3.39. The van der Waals surface area contributed by atoms with Gasteiger partial charge in [0.05, 0.1) is 11.8 Å². The van der Waals surface area contributed by atoms with E-state index >= 15 is 0 Å². The molecule has 4 aliphatic rings. The minimum absolute atomic E-state index is 0.0490. The molecule has 2 fully saturated rings. The number of phosphoric acid groups is 1. The largest absolute Gasteiger partial charge is 0.511 e. The molecule has 5 atom stereocenters. The van der Waals surface area contributed by atoms with Gasteiger partial charge in [0.15, 0.2) is 11.3 Å². The van der Waals surface area contributed by atoms with Crippen LogP contribution in [0.1, 0.15) is 91.2 Å². The first-order chi connectivity index (χ1) is 24.2. The monoisotopic (exact) mass is 738 g/mol. The zero-order chi connectivity index (χ0) is 36.7. The van der Waals surface area contributed by atoms with Gasteiger partial charge in [0.2, 0.25) is 18.0 Å². The third-order valence-electron chi connectivity index (χ3n) is 9.67. The van der Waals surface area contributed by atoms with Gasteiger partial charge in [-0.25, -0.2) is 18.1 Å². The fourth-order valence-electron chi connectivity index (χ4n) is 7.13. The Bertz CT molecular complexity index is 1870. The number of aromatic nitrogens is 1. The van der Waals surface area contributed by atoms with E-state index in [1.54, 1.807) is 11.8 Å². The summed E-state index contributed by atoms with van der Waals surface area (Å²) in [5.74, 6) is -3.87. The predicted octanol–water partition coefficient (Wildman–Crippen LogP) is 3.68. The van der Waals surface area contributed by atoms with Crippen molar-refractivity contribution >= 4 is 31.5 Å². The molecule has 1 aliphatic carbocycles. The maximum atomic E-state index is 14.3. The molecular formula is C32H37F2N4O12P. The Morgan fingerprint density at radius 1 is 1.16 bits per heavy atom. The van der Waals surface area contributed by atoms with Gasteiger partial charge < -0.3 is 43.6 Å². The second-order valence-electron chi connectivity index (χ2n) is 13.1. The van der Waals surface area contributed by atoms with Gasteiger partial charge in [-0.2, -0.15) is 0 Å². The molecular weight excluding hydrogens is 701 g/mol. The third kappa shape index (κ3) is 7.64. The maximum absolute atomic E-state index is 14.3. The summed E-state index contributed by atoms with van der Waals surface area (Å²) in [4.78, 5) is 80.3. The van der Waals surface area contributed by atoms with Crippen LogP contribution in [0.25, 0.3) is 0 Å². The second-order valence-corrected chi connectivity index (χ2v) is 14.3. The molecule has 1 saturated carbocycles. The van der Waals surface area contributed by atoms with Crippen molar-refractivity contribution in [3.63, 3.8) is 0 Å². The molecule has 4 heterocycles. The Kier molecular flexibility index (Phi) is 10.2. The minimum atomic E-state index is -4.88. The first-order valence-corrected chi connectivity index (χ1v) is 17.9. The average molecular weight is 739 g/mol. The lowest BCUT2D eigenvalue weighted by molar-refractivity contribution is -0.0670. The van der Waals surface area contributed by atoms with Crippen LogP contribution in [-0.4, -0.2) is 80.1 Å². The van der Waals surface area contributed by atoms with Crippen LogP contribution in [-0.2, 0) is 29.9 Å². The van der Waals surface area contributed by atoms with E-state index in [1.165, 1.54) is 10.8 Å². The lowest BCUT2D eigenvalue weighted by Crippen LogP contribution is -2.52. The summed E-state index contributed by atoms with van der Waals surface area (Å²) in [7, 11) is -4.88. The number of hydrogen-bond donors (Lipinski definition) is 3. The molecule has 0 unspecified atom stereocenters. The van der Waals surface area contributed by atoms with E-state index in [-0.39, 0.29) is 36.7 Å². The number of amides is 2. The fraction of sp³-hybridized carbons (Fsp3) is 0.531. The second kappa shape index (κ2) is 14.3. The van der Waals surface area contributed by atoms with E-state index in [2.05, 4.69) is 10.5 Å². The molecule has 1 saturated heterocycles. The molecule has 1 aromatic heterocycles. The zero-order valence-corrected chi connectivity index (χ0v) is 28.6. The SMILES string of the molecule is CC1=NO[C@@]2(CC[C@H](C)N3C[C@H]2n2cc(C(=O)NCc4ccc(F)cc4F)c(=O)c(OCOC(=O)O[C@H]4CCCC[C@@H]4OP(=O)(O)O)c2C3=O)C1. The van der Waals surface area contributed by atoms with Crippen LogP contribution in [0.3, 0.4) is 0 Å². The van der Waals surface area contributed by atoms with Gasteiger partial charge in [0, 0.05) is 43.4 Å². The number of oxime groups is 1. The lowest BCUT2D eigenvalue weighted by Gasteiger charge is -2.42. The van der Waals surface area contributed by atoms with Gasteiger partial charge in [-0.1, -0.05) is 17.6 Å². The quantitative estimate of drug-likeness (QED) is 0.192. The van der Waals surface area contributed by atoms with Crippen molar-refractivity contribution in [1.82, 2.24) is 14.8 Å². The van der Waals surface area contributed by atoms with Crippen molar-refractivity contribution in [2.45, 2.75) is 95.2 Å². The number of pyridine rings is 1. The Labute approximate surface area is 289 Å². The van der Waals surface area contributed by atoms with Crippen molar-refractivity contribution < 1.29 is 61.1 Å². The summed E-state index contributed by atoms with van der Waals surface area (Å²) in [5.41, 5.74) is -2.02. The third-order valence-corrected chi connectivity index (χ3v) is 10.2. The van der Waals surface area contributed by atoms with Crippen LogP contribution < -0.4 is 15.5 Å². The van der Waals surface area contributed by atoms with E-state index < -0.39 is 91.4 Å². The van der Waals surface area contributed by atoms with Crippen molar-refractivity contribution in [2.75, 3.05) is 13.3 Å². The van der Waals surface area contributed by atoms with Gasteiger partial charge in [-0.15, -0.1) is 0 Å². The van der Waals surface area contributed by atoms with Crippen LogP contribution in [0.15, 0.2) is 34.3 Å². The number of rotatable bonds is 9. The van der Waals surface area contributed by atoms with Gasteiger partial charge >= 0.3 is 14.0 Å². The molecule has 6 rings (SSSR count). The van der Waals surface area contributed by atoms with Crippen LogP contribution in [0.5, 0.6) is 5.75 Å². The summed E-state index contributed by atoms with van der Waals surface area (Å²) in [5, 5.41) is 6.63. The summed E-state index contributed by atoms with van der Waals surface area (Å²) in [6.07, 6.45) is 0.868. The van der Waals surface area contributed by atoms with Crippen molar-refractivity contribution in [3.8, 4) is 5.75 Å². The minimum Gasteiger partial charge on any atom is -0.451 e. The molecule has 2 bridgehead atoms. The Morgan fingerprint density at radius 2 is 1.90 bits per heavy atom. The van der Waals surface area contributed by atoms with Crippen LogP contribution >= 0.6 is 7.82 Å². The molecule has 2 amide bonds. The number of hydrogen-bond acceptors (Lipinski definition) is 11. The van der Waals surface area contributed by atoms with E-state index in [0.717, 1.165) is 12.1 Å². The highest BCUT2D eigenvalue weighted by Gasteiger charge is 2.54. The predicted molar refractivity (Wildman–Crippen MR) is 171 cm³/mol. The summed E-state index contributed by atoms with van der Waals surface area (Å²) < 4.78 is 61.4. The highest BCUT2D eigenvalue weighted by Crippen LogP contribution is 2.46. The number of fused-ring (bicyclic) bond motifs is 5. The molecule has 1 spiro atoms. The van der Waals surface area contributed by atoms with Gasteiger partial charge in [0.25, 0.3) is 11.8 Å². The number of ether oxygens (including phenoxy) is 3. The number of carbonyl (C=O) groups excluding carboxylic acids is 3. The molecule has 3 aliphatic heterocycles. The topological polar surface area (TPSA) is 205 Å². The van der Waals surface area contributed by atoms with Crippen LogP contribution in [0, 0.1) is 11.6 Å². The highest BCUT2D eigenvalue weighted by molar-refractivity contribution is 7.46. The molecule has 19 heteroatoms. The zero-order valence-electron chi connectivity index (χ0n) is 27.7. The smallest absolute Gasteiger partial charge is 0.451 e. The highest BCUT2D eigenvalue weighted by atomic mass is 31.2. The molecule has 2 aromatic rings. The first-order valence-electron chi connectivity index (χ1n) is 16.4. The fourth-order valence-corrected chi connectivity index (χ4v) is 7.72. The van der Waals surface area contributed by atoms with Gasteiger partial charge in [0.1, 0.15) is 29.4 Å². The van der Waals surface area contributed by atoms with Crippen LogP contribution in [0.2, 0.25) is 0 Å². The van der Waals surface area contributed by atoms with Gasteiger partial charge in [-0.05, 0) is 52.0 Å². The number of carbonyl (C=O) groups is 3. The number of phosphoric ester groups is 1. The molecule has 3 N–H and O–H groups in total. The molecule has 276 valence electrons. The van der Waals surface area contributed by atoms with E-state index in [0.29, 0.717) is 43.9 Å². The summed E-state index contributed by atoms with van der Waals surface area (Å²) >= 11 is 0. The first kappa shape index (κ1) is 36.4. The normalized spacial score (nSPS) is 25.7. The standard InChI is InChI=1S/C32H37F2N4O12P/c1-17-12-32(50-36-17)10-9-18(2)37-15-25(32)38-14-21(29(40)35-13-19-7-8-20(33)11-22(19)34)27(39)28(26(38)30(37)41)46-16-47-31(42)48-23-5-3-4-6-24(23)49-51(43,44)45/h7-8,11,14,18,23-25H,3-6,9-10,12-13,15-16H2,1-2H3,(H,35,40)(H2,43,44,45)/t18-,23-,24-,25+,32-/m0/s1. The van der Waals surface area contributed by atoms with Crippen LogP contribution in [0.4, 0.5) is 13.6 Å². The Morgan fingerprint density at radius 3 is 2.59 bits per heavy atom. The summed E-state index contributed by atoms with van der Waals surface area (Å²) in [6.45, 7) is 2.45. The number of nitrogens with zero attached hydrogens (tertiary/aromatic N) is 3. The van der Waals surface area contributed by atoms with E-state index in [4.69, 9.17) is 23.6 Å². The Balaban J connectivity index is 1.31. The van der Waals surface area contributed by atoms with E-state index in [1.807, 2.05) is 6.92 Å². The molecule has 1 aromatic carbocycles. The van der Waals surface area contributed by atoms with E-state index in [9.17, 15) is 42.3 Å². The Hall–Kier alpha value is -4.38. The lowest BCUT2D eigenvalue weighted by atomic mass is 9.84. The van der Waals surface area contributed by atoms with Gasteiger partial charge in [-0.3, -0.25) is 18.9 Å². The molecule has 0 radical (unpaired) electrons. The van der Waals surface area contributed by atoms with Crippen molar-refractivity contribution in [1.29, 1.82) is 0 Å². The number of nitrogens with one attached hydrogen (secondary N) is 1. The van der Waals surface area contributed by atoms with Crippen molar-refractivity contribution in [2.24, 2.45) is 5.16 Å². The van der Waals surface area contributed by atoms with Crippen molar-refractivity contribution in [3.05, 3.63) is 63.1 Å². The molecule has 51 heavy (non-hydrogen) atoms. The maximum Gasteiger partial charge on any atom is 0.511 e. The summed E-state index contributed by atoms with van der Waals surface area (Å²) in [6, 6.07) is 1.89. The number of halogens is 2. The molecule has 16 nitrogen and oxygen atoms in total.